The van der Waals surface area contributed by atoms with Crippen LogP contribution in [0.25, 0.3) is 0 Å². The molecule has 2 fully saturated rings. The molecule has 0 atom stereocenters. The summed E-state index contributed by atoms with van der Waals surface area (Å²) in [6.07, 6.45) is 5.18. The van der Waals surface area contributed by atoms with E-state index in [1.807, 2.05) is 11.9 Å². The summed E-state index contributed by atoms with van der Waals surface area (Å²) in [7, 11) is 1.91. The minimum absolute atomic E-state index is 0.232. The van der Waals surface area contributed by atoms with Crippen molar-refractivity contribution < 1.29 is 14.3 Å². The van der Waals surface area contributed by atoms with Gasteiger partial charge in [0.2, 0.25) is 5.91 Å². The zero-order chi connectivity index (χ0) is 19.2. The van der Waals surface area contributed by atoms with Crippen LogP contribution in [0.2, 0.25) is 0 Å². The van der Waals surface area contributed by atoms with E-state index in [1.54, 1.807) is 0 Å². The lowest BCUT2D eigenvalue weighted by Crippen LogP contribution is -2.47. The van der Waals surface area contributed by atoms with Crippen molar-refractivity contribution in [1.82, 2.24) is 0 Å². The van der Waals surface area contributed by atoms with Gasteiger partial charge in [-0.05, 0) is 48.4 Å². The van der Waals surface area contributed by atoms with E-state index in [2.05, 4.69) is 48.5 Å². The van der Waals surface area contributed by atoms with Crippen LogP contribution in [0.3, 0.4) is 0 Å². The molecule has 0 unspecified atom stereocenters. The fourth-order valence-electron chi connectivity index (χ4n) is 5.22. The van der Waals surface area contributed by atoms with Crippen molar-refractivity contribution in [2.45, 2.75) is 49.7 Å². The molecule has 1 saturated carbocycles. The van der Waals surface area contributed by atoms with Crippen molar-refractivity contribution in [3.63, 3.8) is 0 Å². The first-order valence-corrected chi connectivity index (χ1v) is 10.4. The maximum atomic E-state index is 13.3. The highest BCUT2D eigenvalue weighted by Gasteiger charge is 2.55. The quantitative estimate of drug-likeness (QED) is 0.811. The monoisotopic (exact) mass is 377 g/mol. The highest BCUT2D eigenvalue weighted by Crippen LogP contribution is 2.53. The third kappa shape index (κ3) is 2.78. The summed E-state index contributed by atoms with van der Waals surface area (Å²) in [6, 6.07) is 17.2. The molecular weight excluding hydrogens is 350 g/mol. The predicted molar refractivity (Wildman–Crippen MR) is 108 cm³/mol. The van der Waals surface area contributed by atoms with Gasteiger partial charge in [-0.15, -0.1) is 0 Å². The number of fused-ring (bicyclic) bond motifs is 2. The lowest BCUT2D eigenvalue weighted by molar-refractivity contribution is -0.185. The molecule has 2 spiro atoms. The Morgan fingerprint density at radius 1 is 0.893 bits per heavy atom. The number of rotatable bonds is 3. The average molecular weight is 377 g/mol. The smallest absolute Gasteiger partial charge is 0.237 e. The Labute approximate surface area is 166 Å². The first-order chi connectivity index (χ1) is 13.6. The summed E-state index contributed by atoms with van der Waals surface area (Å²) in [6.45, 7) is 1.34. The van der Waals surface area contributed by atoms with Gasteiger partial charge in [0.1, 0.15) is 0 Å². The predicted octanol–water partition coefficient (Wildman–Crippen LogP) is 4.00. The van der Waals surface area contributed by atoms with Crippen LogP contribution in [0.5, 0.6) is 0 Å². The van der Waals surface area contributed by atoms with E-state index in [-0.39, 0.29) is 5.91 Å². The van der Waals surface area contributed by atoms with Gasteiger partial charge in [0.25, 0.3) is 0 Å². The molecule has 1 aliphatic carbocycles. The Bertz CT molecular complexity index is 876. The topological polar surface area (TPSA) is 38.8 Å². The van der Waals surface area contributed by atoms with E-state index in [0.717, 1.165) is 44.2 Å². The van der Waals surface area contributed by atoms with Gasteiger partial charge in [-0.3, -0.25) is 4.79 Å². The van der Waals surface area contributed by atoms with Gasteiger partial charge in [-0.25, -0.2) is 0 Å². The number of nitrogens with zero attached hydrogens (tertiary/aromatic N) is 1. The van der Waals surface area contributed by atoms with Crippen LogP contribution in [0.15, 0.2) is 48.5 Å². The Morgan fingerprint density at radius 3 is 2.29 bits per heavy atom. The summed E-state index contributed by atoms with van der Waals surface area (Å²) in [5, 5.41) is 0. The van der Waals surface area contributed by atoms with Crippen LogP contribution in [0, 0.1) is 0 Å². The molecule has 2 aromatic rings. The zero-order valence-electron chi connectivity index (χ0n) is 16.4. The van der Waals surface area contributed by atoms with E-state index >= 15 is 0 Å². The van der Waals surface area contributed by atoms with Gasteiger partial charge in [0, 0.05) is 25.6 Å². The lowest BCUT2D eigenvalue weighted by Gasteiger charge is -2.40. The van der Waals surface area contributed by atoms with Gasteiger partial charge in [-0.1, -0.05) is 42.5 Å². The van der Waals surface area contributed by atoms with Crippen LogP contribution >= 0.6 is 0 Å². The molecule has 0 N–H and O–H groups in total. The number of ether oxygens (including phenoxy) is 2. The van der Waals surface area contributed by atoms with Crippen molar-refractivity contribution in [2.24, 2.45) is 0 Å². The van der Waals surface area contributed by atoms with Crippen molar-refractivity contribution in [2.75, 3.05) is 25.2 Å². The standard InChI is InChI=1S/C24H27NO3/c1-25-21-10-9-19(8-7-18-5-3-2-4-6-18)17-20(21)23(22(25)26)11-13-24(14-12-23)27-15-16-28-24/h2-6,9-10,17H,7-8,11-16H2,1H3. The number of hydrogen-bond acceptors (Lipinski definition) is 3. The average Bonchev–Trinajstić information content (AvgIpc) is 3.27. The number of likely N-dealkylation sites (N-methyl/N-ethyl adjacent to an activating group) is 1. The minimum Gasteiger partial charge on any atom is -0.348 e. The molecule has 1 saturated heterocycles. The molecule has 0 aromatic heterocycles. The van der Waals surface area contributed by atoms with Gasteiger partial charge in [0.15, 0.2) is 5.79 Å². The van der Waals surface area contributed by atoms with Gasteiger partial charge in [0.05, 0.1) is 18.6 Å². The SMILES string of the molecule is CN1C(=O)C2(CCC3(CC2)OCCO3)c2cc(CCc3ccccc3)ccc21. The van der Waals surface area contributed by atoms with Gasteiger partial charge >= 0.3 is 0 Å². The number of anilines is 1. The summed E-state index contributed by atoms with van der Waals surface area (Å²) < 4.78 is 11.8. The Hall–Kier alpha value is -2.17. The minimum atomic E-state index is -0.447. The summed E-state index contributed by atoms with van der Waals surface area (Å²) in [5.74, 6) is -0.215. The fourth-order valence-corrected chi connectivity index (χ4v) is 5.22. The van der Waals surface area contributed by atoms with E-state index in [4.69, 9.17) is 9.47 Å². The van der Waals surface area contributed by atoms with Crippen molar-refractivity contribution in [1.29, 1.82) is 0 Å². The third-order valence-corrected chi connectivity index (χ3v) is 6.88. The molecule has 1 amide bonds. The molecule has 146 valence electrons. The molecular formula is C24H27NO3. The first-order valence-electron chi connectivity index (χ1n) is 10.4. The van der Waals surface area contributed by atoms with E-state index in [9.17, 15) is 4.79 Å². The van der Waals surface area contributed by atoms with Gasteiger partial charge < -0.3 is 14.4 Å². The van der Waals surface area contributed by atoms with Crippen molar-refractivity contribution in [3.05, 3.63) is 65.2 Å². The van der Waals surface area contributed by atoms with Crippen molar-refractivity contribution >= 4 is 11.6 Å². The molecule has 4 heteroatoms. The Morgan fingerprint density at radius 2 is 1.57 bits per heavy atom. The molecule has 2 heterocycles. The Balaban J connectivity index is 1.41. The maximum Gasteiger partial charge on any atom is 0.237 e. The third-order valence-electron chi connectivity index (χ3n) is 6.88. The number of carbonyl (C=O) groups is 1. The van der Waals surface area contributed by atoms with Crippen LogP contribution in [0.1, 0.15) is 42.4 Å². The van der Waals surface area contributed by atoms with Gasteiger partial charge in [-0.2, -0.15) is 0 Å². The van der Waals surface area contributed by atoms with E-state index in [1.165, 1.54) is 16.7 Å². The zero-order valence-corrected chi connectivity index (χ0v) is 16.4. The maximum absolute atomic E-state index is 13.3. The van der Waals surface area contributed by atoms with Crippen LogP contribution < -0.4 is 4.90 Å². The van der Waals surface area contributed by atoms with E-state index < -0.39 is 11.2 Å². The highest BCUT2D eigenvalue weighted by atomic mass is 16.7. The molecule has 2 aromatic carbocycles. The summed E-state index contributed by atoms with van der Waals surface area (Å²) >= 11 is 0. The molecule has 4 nitrogen and oxygen atoms in total. The van der Waals surface area contributed by atoms with E-state index in [0.29, 0.717) is 13.2 Å². The molecule has 5 rings (SSSR count). The fraction of sp³-hybridized carbons (Fsp3) is 0.458. The number of carbonyl (C=O) groups excluding carboxylic acids is 1. The second kappa shape index (κ2) is 6.71. The first kappa shape index (κ1) is 17.9. The number of amides is 1. The summed E-state index contributed by atoms with van der Waals surface area (Å²) in [5.41, 5.74) is 4.52. The van der Waals surface area contributed by atoms with Crippen LogP contribution in [-0.4, -0.2) is 32.0 Å². The molecule has 2 aliphatic heterocycles. The van der Waals surface area contributed by atoms with Crippen LogP contribution in [-0.2, 0) is 32.5 Å². The molecule has 3 aliphatic rings. The number of aryl methyl sites for hydroxylation is 2. The van der Waals surface area contributed by atoms with Crippen molar-refractivity contribution in [3.8, 4) is 0 Å². The van der Waals surface area contributed by atoms with Crippen LogP contribution in [0.4, 0.5) is 5.69 Å². The summed E-state index contributed by atoms with van der Waals surface area (Å²) in [4.78, 5) is 15.1. The second-order valence-electron chi connectivity index (χ2n) is 8.39. The lowest BCUT2D eigenvalue weighted by atomic mass is 9.68. The second-order valence-corrected chi connectivity index (χ2v) is 8.39. The molecule has 28 heavy (non-hydrogen) atoms. The Kier molecular flexibility index (Phi) is 4.29. The normalized spacial score (nSPS) is 22.2. The largest absolute Gasteiger partial charge is 0.348 e. The molecule has 0 bridgehead atoms. The molecule has 0 radical (unpaired) electrons. The highest BCUT2D eigenvalue weighted by molar-refractivity contribution is 6.07. The number of hydrogen-bond donors (Lipinski definition) is 0. The number of benzene rings is 2.